The summed E-state index contributed by atoms with van der Waals surface area (Å²) < 4.78 is 0. The number of anilines is 1. The summed E-state index contributed by atoms with van der Waals surface area (Å²) in [6, 6.07) is 8.15. The van der Waals surface area contributed by atoms with Crippen molar-refractivity contribution in [2.24, 2.45) is 0 Å². The molecule has 1 aromatic carbocycles. The fourth-order valence-electron chi connectivity index (χ4n) is 2.14. The number of urea groups is 1. The van der Waals surface area contributed by atoms with Crippen LogP contribution in [-0.2, 0) is 0 Å². The second-order valence-corrected chi connectivity index (χ2v) is 5.23. The van der Waals surface area contributed by atoms with Crippen molar-refractivity contribution in [1.29, 1.82) is 0 Å². The van der Waals surface area contributed by atoms with E-state index in [0.29, 0.717) is 13.0 Å². The molecule has 0 fully saturated rings. The van der Waals surface area contributed by atoms with E-state index in [0.717, 1.165) is 13.1 Å². The van der Waals surface area contributed by atoms with Gasteiger partial charge in [0.1, 0.15) is 0 Å². The number of rotatable bonds is 8. The van der Waals surface area contributed by atoms with E-state index in [2.05, 4.69) is 47.6 Å². The third-order valence-electron chi connectivity index (χ3n) is 3.36. The average molecular weight is 293 g/mol. The van der Waals surface area contributed by atoms with Crippen LogP contribution in [0.3, 0.4) is 0 Å². The van der Waals surface area contributed by atoms with E-state index >= 15 is 0 Å². The summed E-state index contributed by atoms with van der Waals surface area (Å²) in [5, 5.41) is 14.4. The van der Waals surface area contributed by atoms with Crippen molar-refractivity contribution in [1.82, 2.24) is 10.6 Å². The number of aliphatic hydroxyl groups excluding tert-OH is 1. The van der Waals surface area contributed by atoms with Crippen molar-refractivity contribution in [2.45, 2.75) is 33.2 Å². The van der Waals surface area contributed by atoms with Crippen LogP contribution >= 0.6 is 0 Å². The molecule has 2 amide bonds. The Bertz CT molecular complexity index is 437. The number of hydrogen-bond donors (Lipinski definition) is 3. The highest BCUT2D eigenvalue weighted by Crippen LogP contribution is 2.14. The van der Waals surface area contributed by atoms with Gasteiger partial charge >= 0.3 is 6.03 Å². The lowest BCUT2D eigenvalue weighted by atomic mass is 10.2. The van der Waals surface area contributed by atoms with Crippen LogP contribution < -0.4 is 15.5 Å². The fraction of sp³-hybridized carbons (Fsp3) is 0.562. The first kappa shape index (κ1) is 17.3. The van der Waals surface area contributed by atoms with Gasteiger partial charge in [0, 0.05) is 38.0 Å². The standard InChI is InChI=1S/C16H27N3O2/c1-4-19(15-7-5-6-13(2)12-15)10-9-17-16(21)18-14(3)8-11-20/h5-7,12,14,20H,4,8-11H2,1-3H3,(H2,17,18,21)/t14-/m1/s1. The van der Waals surface area contributed by atoms with Crippen LogP contribution in [0.15, 0.2) is 24.3 Å². The SMILES string of the molecule is CCN(CCNC(=O)N[C@H](C)CCO)c1cccc(C)c1. The molecule has 0 aliphatic carbocycles. The van der Waals surface area contributed by atoms with Crippen LogP contribution in [0.2, 0.25) is 0 Å². The highest BCUT2D eigenvalue weighted by atomic mass is 16.3. The third kappa shape index (κ3) is 6.49. The van der Waals surface area contributed by atoms with Gasteiger partial charge in [-0.15, -0.1) is 0 Å². The van der Waals surface area contributed by atoms with Gasteiger partial charge in [0.15, 0.2) is 0 Å². The molecule has 1 rings (SSSR count). The van der Waals surface area contributed by atoms with E-state index < -0.39 is 0 Å². The molecule has 1 aromatic rings. The van der Waals surface area contributed by atoms with Crippen LogP contribution in [0.25, 0.3) is 0 Å². The molecule has 0 radical (unpaired) electrons. The Kier molecular flexibility index (Phi) is 7.61. The highest BCUT2D eigenvalue weighted by molar-refractivity contribution is 5.74. The molecule has 0 aromatic heterocycles. The first-order valence-electron chi connectivity index (χ1n) is 7.53. The molecule has 0 heterocycles. The number of likely N-dealkylation sites (N-methyl/N-ethyl adjacent to an activating group) is 1. The number of aryl methyl sites for hydroxylation is 1. The van der Waals surface area contributed by atoms with Gasteiger partial charge in [-0.1, -0.05) is 12.1 Å². The summed E-state index contributed by atoms with van der Waals surface area (Å²) in [5.41, 5.74) is 2.41. The van der Waals surface area contributed by atoms with Crippen molar-refractivity contribution >= 4 is 11.7 Å². The van der Waals surface area contributed by atoms with E-state index in [-0.39, 0.29) is 18.7 Å². The second-order valence-electron chi connectivity index (χ2n) is 5.23. The molecule has 5 nitrogen and oxygen atoms in total. The Morgan fingerprint density at radius 2 is 2.19 bits per heavy atom. The molecule has 0 saturated carbocycles. The Morgan fingerprint density at radius 3 is 2.81 bits per heavy atom. The Labute approximate surface area is 127 Å². The largest absolute Gasteiger partial charge is 0.396 e. The van der Waals surface area contributed by atoms with Crippen molar-refractivity contribution in [3.05, 3.63) is 29.8 Å². The lowest BCUT2D eigenvalue weighted by Crippen LogP contribution is -2.44. The molecule has 0 bridgehead atoms. The average Bonchev–Trinajstić information content (AvgIpc) is 2.43. The summed E-state index contributed by atoms with van der Waals surface area (Å²) in [7, 11) is 0. The van der Waals surface area contributed by atoms with Crippen LogP contribution in [0.5, 0.6) is 0 Å². The minimum atomic E-state index is -0.184. The topological polar surface area (TPSA) is 64.6 Å². The van der Waals surface area contributed by atoms with E-state index in [4.69, 9.17) is 5.11 Å². The van der Waals surface area contributed by atoms with E-state index in [1.807, 2.05) is 13.0 Å². The number of aliphatic hydroxyl groups is 1. The van der Waals surface area contributed by atoms with Crippen LogP contribution in [0.1, 0.15) is 25.8 Å². The molecule has 0 saturated heterocycles. The number of carbonyl (C=O) groups is 1. The lowest BCUT2D eigenvalue weighted by Gasteiger charge is -2.24. The maximum absolute atomic E-state index is 11.7. The fourth-order valence-corrected chi connectivity index (χ4v) is 2.14. The molecular weight excluding hydrogens is 266 g/mol. The number of benzene rings is 1. The Morgan fingerprint density at radius 1 is 1.43 bits per heavy atom. The van der Waals surface area contributed by atoms with Crippen LogP contribution in [0.4, 0.5) is 10.5 Å². The zero-order valence-electron chi connectivity index (χ0n) is 13.2. The number of amides is 2. The normalized spacial score (nSPS) is 11.8. The quantitative estimate of drug-likeness (QED) is 0.686. The number of carbonyl (C=O) groups excluding carboxylic acids is 1. The minimum absolute atomic E-state index is 0.0194. The van der Waals surface area contributed by atoms with Crippen LogP contribution in [-0.4, -0.2) is 43.4 Å². The van der Waals surface area contributed by atoms with Gasteiger partial charge in [-0.25, -0.2) is 4.79 Å². The summed E-state index contributed by atoms with van der Waals surface area (Å²) in [5.74, 6) is 0. The smallest absolute Gasteiger partial charge is 0.315 e. The van der Waals surface area contributed by atoms with Gasteiger partial charge in [-0.2, -0.15) is 0 Å². The monoisotopic (exact) mass is 293 g/mol. The Balaban J connectivity index is 2.37. The highest BCUT2D eigenvalue weighted by Gasteiger charge is 2.07. The lowest BCUT2D eigenvalue weighted by molar-refractivity contribution is 0.231. The summed E-state index contributed by atoms with van der Waals surface area (Å²) in [4.78, 5) is 13.9. The Hall–Kier alpha value is -1.75. The summed E-state index contributed by atoms with van der Waals surface area (Å²) >= 11 is 0. The van der Waals surface area contributed by atoms with E-state index in [9.17, 15) is 4.79 Å². The van der Waals surface area contributed by atoms with Gasteiger partial charge in [-0.05, 0) is 44.9 Å². The first-order valence-corrected chi connectivity index (χ1v) is 7.53. The van der Waals surface area contributed by atoms with Crippen molar-refractivity contribution < 1.29 is 9.90 Å². The van der Waals surface area contributed by atoms with Gasteiger partial charge in [-0.3, -0.25) is 0 Å². The van der Waals surface area contributed by atoms with Gasteiger partial charge in [0.2, 0.25) is 0 Å². The molecule has 118 valence electrons. The van der Waals surface area contributed by atoms with Crippen molar-refractivity contribution in [3.8, 4) is 0 Å². The maximum Gasteiger partial charge on any atom is 0.315 e. The molecule has 0 aliphatic rings. The van der Waals surface area contributed by atoms with Crippen LogP contribution in [0, 0.1) is 6.92 Å². The maximum atomic E-state index is 11.7. The predicted octanol–water partition coefficient (Wildman–Crippen LogP) is 1.89. The third-order valence-corrected chi connectivity index (χ3v) is 3.36. The summed E-state index contributed by atoms with van der Waals surface area (Å²) in [6.45, 7) is 8.38. The molecule has 3 N–H and O–H groups in total. The summed E-state index contributed by atoms with van der Waals surface area (Å²) in [6.07, 6.45) is 0.567. The van der Waals surface area contributed by atoms with E-state index in [1.54, 1.807) is 0 Å². The molecule has 0 unspecified atom stereocenters. The van der Waals surface area contributed by atoms with Crippen molar-refractivity contribution in [2.75, 3.05) is 31.1 Å². The molecule has 0 spiro atoms. The molecule has 1 atom stereocenters. The number of nitrogens with one attached hydrogen (secondary N) is 2. The van der Waals surface area contributed by atoms with Crippen molar-refractivity contribution in [3.63, 3.8) is 0 Å². The number of hydrogen-bond acceptors (Lipinski definition) is 3. The number of nitrogens with zero attached hydrogens (tertiary/aromatic N) is 1. The minimum Gasteiger partial charge on any atom is -0.396 e. The molecular formula is C16H27N3O2. The predicted molar refractivity (Wildman–Crippen MR) is 86.8 cm³/mol. The molecule has 5 heteroatoms. The van der Waals surface area contributed by atoms with Gasteiger partial charge < -0.3 is 20.6 Å². The zero-order chi connectivity index (χ0) is 15.7. The second kappa shape index (κ2) is 9.23. The molecule has 21 heavy (non-hydrogen) atoms. The molecule has 0 aliphatic heterocycles. The van der Waals surface area contributed by atoms with Gasteiger partial charge in [0.25, 0.3) is 0 Å². The zero-order valence-corrected chi connectivity index (χ0v) is 13.2. The first-order chi connectivity index (χ1) is 10.1. The van der Waals surface area contributed by atoms with Gasteiger partial charge in [0.05, 0.1) is 0 Å². The van der Waals surface area contributed by atoms with E-state index in [1.165, 1.54) is 11.3 Å².